The average Bonchev–Trinajstić information content (AvgIpc) is 2.73. The summed E-state index contributed by atoms with van der Waals surface area (Å²) >= 11 is 0. The molecule has 4 nitrogen and oxygen atoms in total. The molecular weight excluding hydrogens is 358 g/mol. The zero-order chi connectivity index (χ0) is 20.5. The Bertz CT molecular complexity index is 965. The molecule has 0 saturated heterocycles. The van der Waals surface area contributed by atoms with E-state index in [2.05, 4.69) is 35.5 Å². The Morgan fingerprint density at radius 2 is 1.76 bits per heavy atom. The number of carbonyl (C=O) groups excluding carboxylic acids is 1. The van der Waals surface area contributed by atoms with E-state index in [1.54, 1.807) is 6.20 Å². The monoisotopic (exact) mass is 385 g/mol. The maximum absolute atomic E-state index is 12.4. The highest BCUT2D eigenvalue weighted by Crippen LogP contribution is 2.20. The predicted molar refractivity (Wildman–Crippen MR) is 121 cm³/mol. The van der Waals surface area contributed by atoms with Gasteiger partial charge in [0, 0.05) is 29.7 Å². The summed E-state index contributed by atoms with van der Waals surface area (Å²) < 4.78 is 0. The van der Waals surface area contributed by atoms with Crippen LogP contribution >= 0.6 is 0 Å². The molecule has 0 radical (unpaired) electrons. The number of hydrogen-bond donors (Lipinski definition) is 2. The molecular formula is C25H27N3O. The van der Waals surface area contributed by atoms with Crippen LogP contribution in [0.15, 0.2) is 72.9 Å². The topological polar surface area (TPSA) is 54.0 Å². The van der Waals surface area contributed by atoms with Gasteiger partial charge in [-0.1, -0.05) is 44.2 Å². The van der Waals surface area contributed by atoms with Crippen molar-refractivity contribution < 1.29 is 4.79 Å². The number of hydrogen-bond acceptors (Lipinski definition) is 3. The van der Waals surface area contributed by atoms with Crippen LogP contribution in [-0.2, 0) is 0 Å². The summed E-state index contributed by atoms with van der Waals surface area (Å²) in [6, 6.07) is 21.5. The van der Waals surface area contributed by atoms with Crippen LogP contribution in [0.3, 0.4) is 0 Å². The molecule has 2 aromatic carbocycles. The highest BCUT2D eigenvalue weighted by Gasteiger charge is 2.06. The maximum Gasteiger partial charge on any atom is 0.251 e. The summed E-state index contributed by atoms with van der Waals surface area (Å²) in [6.45, 7) is 4.99. The molecule has 1 amide bonds. The average molecular weight is 386 g/mol. The first-order valence-electron chi connectivity index (χ1n) is 9.94. The molecule has 148 valence electrons. The summed E-state index contributed by atoms with van der Waals surface area (Å²) in [6.07, 6.45) is 6.78. The second-order valence-electron chi connectivity index (χ2n) is 7.36. The molecule has 4 heteroatoms. The van der Waals surface area contributed by atoms with Gasteiger partial charge in [-0.25, -0.2) is 0 Å². The van der Waals surface area contributed by atoms with Crippen LogP contribution in [0.25, 0.3) is 12.2 Å². The summed E-state index contributed by atoms with van der Waals surface area (Å²) in [4.78, 5) is 16.7. The minimum absolute atomic E-state index is 0.0404. The van der Waals surface area contributed by atoms with E-state index in [4.69, 9.17) is 0 Å². The van der Waals surface area contributed by atoms with E-state index in [0.29, 0.717) is 18.0 Å². The molecule has 0 aliphatic rings. The largest absolute Gasteiger partial charge is 0.355 e. The van der Waals surface area contributed by atoms with Crippen molar-refractivity contribution in [1.29, 1.82) is 0 Å². The molecule has 0 fully saturated rings. The van der Waals surface area contributed by atoms with Crippen molar-refractivity contribution >= 4 is 29.4 Å². The number of anilines is 2. The zero-order valence-electron chi connectivity index (χ0n) is 16.9. The van der Waals surface area contributed by atoms with Gasteiger partial charge >= 0.3 is 0 Å². The van der Waals surface area contributed by atoms with E-state index in [-0.39, 0.29) is 5.91 Å². The lowest BCUT2D eigenvalue weighted by Crippen LogP contribution is -2.25. The van der Waals surface area contributed by atoms with Gasteiger partial charge in [-0.05, 0) is 66.4 Å². The molecule has 1 heterocycles. The highest BCUT2D eigenvalue weighted by molar-refractivity contribution is 5.95. The zero-order valence-corrected chi connectivity index (χ0v) is 16.9. The minimum Gasteiger partial charge on any atom is -0.355 e. The van der Waals surface area contributed by atoms with Gasteiger partial charge in [-0.3, -0.25) is 9.78 Å². The third-order valence-electron chi connectivity index (χ3n) is 4.44. The van der Waals surface area contributed by atoms with Crippen LogP contribution in [0.2, 0.25) is 0 Å². The molecule has 0 aliphatic heterocycles. The van der Waals surface area contributed by atoms with Gasteiger partial charge in [-0.2, -0.15) is 0 Å². The van der Waals surface area contributed by atoms with Crippen LogP contribution in [-0.4, -0.2) is 17.4 Å². The number of carbonyl (C=O) groups is 1. The van der Waals surface area contributed by atoms with Crippen molar-refractivity contribution in [2.45, 2.75) is 20.3 Å². The Morgan fingerprint density at radius 3 is 2.52 bits per heavy atom. The van der Waals surface area contributed by atoms with Gasteiger partial charge < -0.3 is 10.6 Å². The van der Waals surface area contributed by atoms with Crippen molar-refractivity contribution in [3.63, 3.8) is 0 Å². The second-order valence-corrected chi connectivity index (χ2v) is 7.36. The fraction of sp³-hybridized carbons (Fsp3) is 0.200. The molecule has 0 spiro atoms. The van der Waals surface area contributed by atoms with E-state index in [1.807, 2.05) is 72.8 Å². The Labute approximate surface area is 172 Å². The lowest BCUT2D eigenvalue weighted by atomic mass is 10.1. The summed E-state index contributed by atoms with van der Waals surface area (Å²) in [5.74, 6) is 0.531. The lowest BCUT2D eigenvalue weighted by Gasteiger charge is -2.10. The fourth-order valence-electron chi connectivity index (χ4n) is 2.86. The summed E-state index contributed by atoms with van der Waals surface area (Å²) in [5.41, 5.74) is 4.49. The van der Waals surface area contributed by atoms with E-state index in [1.165, 1.54) is 0 Å². The molecule has 2 N–H and O–H groups in total. The number of nitrogens with one attached hydrogen (secondary N) is 2. The Kier molecular flexibility index (Phi) is 7.17. The molecule has 3 rings (SSSR count). The predicted octanol–water partition coefficient (Wildman–Crippen LogP) is 5.77. The quantitative estimate of drug-likeness (QED) is 0.517. The summed E-state index contributed by atoms with van der Waals surface area (Å²) in [7, 11) is 0. The number of nitrogens with zero attached hydrogens (tertiary/aromatic N) is 1. The first-order valence-corrected chi connectivity index (χ1v) is 9.94. The Balaban J connectivity index is 1.66. The third kappa shape index (κ3) is 6.61. The van der Waals surface area contributed by atoms with Gasteiger partial charge in [-0.15, -0.1) is 0 Å². The number of aromatic nitrogens is 1. The molecule has 0 bridgehead atoms. The smallest absolute Gasteiger partial charge is 0.251 e. The van der Waals surface area contributed by atoms with Gasteiger partial charge in [0.2, 0.25) is 0 Å². The van der Waals surface area contributed by atoms with Crippen molar-refractivity contribution in [3.8, 4) is 0 Å². The van der Waals surface area contributed by atoms with E-state index < -0.39 is 0 Å². The normalized spacial score (nSPS) is 11.0. The molecule has 0 atom stereocenters. The fourth-order valence-corrected chi connectivity index (χ4v) is 2.86. The van der Waals surface area contributed by atoms with Crippen molar-refractivity contribution in [3.05, 3.63) is 89.7 Å². The van der Waals surface area contributed by atoms with Crippen molar-refractivity contribution in [1.82, 2.24) is 10.3 Å². The first kappa shape index (κ1) is 20.3. The second kappa shape index (κ2) is 10.2. The molecule has 1 aromatic heterocycles. The summed E-state index contributed by atoms with van der Waals surface area (Å²) in [5, 5.41) is 6.36. The van der Waals surface area contributed by atoms with Gasteiger partial charge in [0.25, 0.3) is 5.91 Å². The maximum atomic E-state index is 12.4. The number of rotatable bonds is 8. The van der Waals surface area contributed by atoms with Gasteiger partial charge in [0.05, 0.1) is 5.69 Å². The van der Waals surface area contributed by atoms with Crippen LogP contribution in [0.4, 0.5) is 11.4 Å². The van der Waals surface area contributed by atoms with E-state index in [0.717, 1.165) is 29.1 Å². The number of pyridine rings is 1. The molecule has 0 unspecified atom stereocenters. The van der Waals surface area contributed by atoms with Gasteiger partial charge in [0.1, 0.15) is 0 Å². The lowest BCUT2D eigenvalue weighted by molar-refractivity contribution is 0.0952. The molecule has 0 saturated carbocycles. The molecule has 29 heavy (non-hydrogen) atoms. The van der Waals surface area contributed by atoms with E-state index >= 15 is 0 Å². The van der Waals surface area contributed by atoms with Crippen molar-refractivity contribution in [2.75, 3.05) is 11.9 Å². The van der Waals surface area contributed by atoms with Crippen LogP contribution in [0.1, 0.15) is 41.9 Å². The number of amides is 1. The molecule has 3 aromatic rings. The third-order valence-corrected chi connectivity index (χ3v) is 4.44. The van der Waals surface area contributed by atoms with Gasteiger partial charge in [0.15, 0.2) is 0 Å². The van der Waals surface area contributed by atoms with E-state index in [9.17, 15) is 4.79 Å². The number of benzene rings is 2. The Morgan fingerprint density at radius 1 is 0.966 bits per heavy atom. The minimum atomic E-state index is -0.0404. The van der Waals surface area contributed by atoms with Crippen LogP contribution < -0.4 is 10.6 Å². The molecule has 0 aliphatic carbocycles. The van der Waals surface area contributed by atoms with Crippen LogP contribution in [0.5, 0.6) is 0 Å². The highest BCUT2D eigenvalue weighted by atomic mass is 16.1. The van der Waals surface area contributed by atoms with Crippen molar-refractivity contribution in [2.24, 2.45) is 5.92 Å². The standard InChI is InChI=1S/C25H27N3O/c1-19(2)14-16-27-25(29)21-8-6-11-24(18-21)28-23-10-5-7-20(17-23)12-13-22-9-3-4-15-26-22/h3-13,15,17-19,28H,14,16H2,1-2H3,(H,27,29)/b13-12+. The van der Waals surface area contributed by atoms with Crippen LogP contribution in [0, 0.1) is 5.92 Å². The Hall–Kier alpha value is -3.40. The first-order chi connectivity index (χ1) is 14.1. The SMILES string of the molecule is CC(C)CCNC(=O)c1cccc(Nc2cccc(/C=C/c3ccccn3)c2)c1.